The maximum atomic E-state index is 10.1. The van der Waals surface area contributed by atoms with Crippen molar-refractivity contribution in [3.63, 3.8) is 0 Å². The Hall–Kier alpha value is -0.0800. The molecule has 0 saturated carbocycles. The van der Waals surface area contributed by atoms with Gasteiger partial charge >= 0.3 is 0 Å². The molecule has 1 rings (SSSR count). The first-order valence-electron chi connectivity index (χ1n) is 5.48. The topological polar surface area (TPSA) is 23.5 Å². The third-order valence-corrected chi connectivity index (χ3v) is 3.36. The van der Waals surface area contributed by atoms with Crippen LogP contribution in [0.3, 0.4) is 0 Å². The Morgan fingerprint density at radius 3 is 1.71 bits per heavy atom. The summed E-state index contributed by atoms with van der Waals surface area (Å²) in [4.78, 5) is 2.44. The van der Waals surface area contributed by atoms with Crippen LogP contribution >= 0.6 is 0 Å². The Labute approximate surface area is 88.3 Å². The lowest BCUT2D eigenvalue weighted by molar-refractivity contribution is -0.0346. The number of hydrogen-bond donors (Lipinski definition) is 1. The largest absolute Gasteiger partial charge is 0.391 e. The molecule has 1 aliphatic rings. The van der Waals surface area contributed by atoms with E-state index in [1.165, 1.54) is 0 Å². The summed E-state index contributed by atoms with van der Waals surface area (Å²) in [6.45, 7) is 15.4. The zero-order chi connectivity index (χ0) is 11.4. The number of hydrogen-bond acceptors (Lipinski definition) is 2. The van der Waals surface area contributed by atoms with Gasteiger partial charge in [0.25, 0.3) is 0 Å². The van der Waals surface area contributed by atoms with E-state index in [4.69, 9.17) is 0 Å². The second kappa shape index (κ2) is 2.96. The van der Waals surface area contributed by atoms with Crippen molar-refractivity contribution in [2.24, 2.45) is 0 Å². The van der Waals surface area contributed by atoms with Crippen LogP contribution in [0.25, 0.3) is 0 Å². The lowest BCUT2D eigenvalue weighted by atomic mass is 9.93. The first-order chi connectivity index (χ1) is 5.99. The number of nitrogens with zero attached hydrogens (tertiary/aromatic N) is 1. The highest BCUT2D eigenvalue weighted by Crippen LogP contribution is 2.45. The quantitative estimate of drug-likeness (QED) is 0.647. The molecule has 0 amide bonds. The second-order valence-electron chi connectivity index (χ2n) is 6.69. The van der Waals surface area contributed by atoms with E-state index in [1.807, 2.05) is 0 Å². The fourth-order valence-corrected chi connectivity index (χ4v) is 3.52. The molecule has 14 heavy (non-hydrogen) atoms. The lowest BCUT2D eigenvalue weighted by Crippen LogP contribution is -2.59. The normalized spacial score (nSPS) is 32.1. The van der Waals surface area contributed by atoms with E-state index in [-0.39, 0.29) is 22.7 Å². The van der Waals surface area contributed by atoms with Gasteiger partial charge in [-0.3, -0.25) is 4.90 Å². The number of rotatable bonds is 0. The van der Waals surface area contributed by atoms with Crippen LogP contribution in [0.4, 0.5) is 0 Å². The molecule has 0 radical (unpaired) electrons. The number of aliphatic hydroxyl groups is 1. The zero-order valence-electron chi connectivity index (χ0n) is 10.7. The van der Waals surface area contributed by atoms with Crippen LogP contribution in [-0.2, 0) is 0 Å². The van der Waals surface area contributed by atoms with Gasteiger partial charge in [-0.2, -0.15) is 0 Å². The molecule has 1 saturated heterocycles. The van der Waals surface area contributed by atoms with Gasteiger partial charge in [-0.05, 0) is 54.9 Å². The van der Waals surface area contributed by atoms with Gasteiger partial charge in [-0.25, -0.2) is 0 Å². The summed E-state index contributed by atoms with van der Waals surface area (Å²) in [7, 11) is 0. The number of likely N-dealkylation sites (tertiary alicyclic amines) is 1. The van der Waals surface area contributed by atoms with E-state index in [9.17, 15) is 5.11 Å². The van der Waals surface area contributed by atoms with Crippen LogP contribution in [0.1, 0.15) is 54.9 Å². The minimum absolute atomic E-state index is 0.0845. The molecule has 0 bridgehead atoms. The molecule has 2 heteroatoms. The Morgan fingerprint density at radius 2 is 1.57 bits per heavy atom. The number of aliphatic hydroxyl groups excluding tert-OH is 1. The maximum Gasteiger partial charge on any atom is 0.0736 e. The highest BCUT2D eigenvalue weighted by atomic mass is 16.3. The van der Waals surface area contributed by atoms with E-state index in [1.54, 1.807) is 0 Å². The van der Waals surface area contributed by atoms with Crippen molar-refractivity contribution in [3.8, 4) is 0 Å². The summed E-state index contributed by atoms with van der Waals surface area (Å²) in [6, 6.07) is 0. The third-order valence-electron chi connectivity index (χ3n) is 3.36. The van der Waals surface area contributed by atoms with Gasteiger partial charge in [0.15, 0.2) is 0 Å². The molecular formula is C12H25NO. The SMILES string of the molecule is CC(C)(C)N1C(C)(C)CC(O)C1(C)C. The molecule has 0 aromatic carbocycles. The Bertz CT molecular complexity index is 225. The average molecular weight is 199 g/mol. The lowest BCUT2D eigenvalue weighted by Gasteiger charge is -2.49. The summed E-state index contributed by atoms with van der Waals surface area (Å²) in [6.07, 6.45) is 0.633. The summed E-state index contributed by atoms with van der Waals surface area (Å²) in [5, 5.41) is 10.1. The molecule has 1 N–H and O–H groups in total. The van der Waals surface area contributed by atoms with Gasteiger partial charge in [-0.15, -0.1) is 0 Å². The first-order valence-corrected chi connectivity index (χ1v) is 5.48. The second-order valence-corrected chi connectivity index (χ2v) is 6.69. The highest BCUT2D eigenvalue weighted by molar-refractivity contribution is 5.09. The molecular weight excluding hydrogens is 174 g/mol. The Kier molecular flexibility index (Phi) is 2.53. The van der Waals surface area contributed by atoms with Gasteiger partial charge < -0.3 is 5.11 Å². The molecule has 0 aromatic heterocycles. The third kappa shape index (κ3) is 1.70. The van der Waals surface area contributed by atoms with Crippen molar-refractivity contribution in [1.82, 2.24) is 4.90 Å². The van der Waals surface area contributed by atoms with Gasteiger partial charge in [0.2, 0.25) is 0 Å². The van der Waals surface area contributed by atoms with Gasteiger partial charge in [0, 0.05) is 16.6 Å². The Morgan fingerprint density at radius 1 is 1.14 bits per heavy atom. The predicted octanol–water partition coefficient (Wildman–Crippen LogP) is 2.41. The van der Waals surface area contributed by atoms with Crippen LogP contribution < -0.4 is 0 Å². The van der Waals surface area contributed by atoms with Crippen molar-refractivity contribution in [1.29, 1.82) is 0 Å². The summed E-state index contributed by atoms with van der Waals surface area (Å²) < 4.78 is 0. The van der Waals surface area contributed by atoms with E-state index >= 15 is 0 Å². The fraction of sp³-hybridized carbons (Fsp3) is 1.00. The van der Waals surface area contributed by atoms with Crippen molar-refractivity contribution < 1.29 is 5.11 Å². The van der Waals surface area contributed by atoms with Crippen LogP contribution in [0.15, 0.2) is 0 Å². The minimum atomic E-state index is -0.225. The van der Waals surface area contributed by atoms with E-state index in [2.05, 4.69) is 53.4 Å². The molecule has 0 aromatic rings. The van der Waals surface area contributed by atoms with E-state index < -0.39 is 0 Å². The minimum Gasteiger partial charge on any atom is -0.391 e. The standard InChI is InChI=1S/C12H25NO/c1-10(2,3)13-11(4,5)8-9(14)12(13,6)7/h9,14H,8H2,1-7H3. The maximum absolute atomic E-state index is 10.1. The van der Waals surface area contributed by atoms with E-state index in [0.717, 1.165) is 6.42 Å². The molecule has 1 aliphatic heterocycles. The molecule has 1 fully saturated rings. The summed E-state index contributed by atoms with van der Waals surface area (Å²) in [5.74, 6) is 0. The van der Waals surface area contributed by atoms with Crippen molar-refractivity contribution >= 4 is 0 Å². The molecule has 2 nitrogen and oxygen atoms in total. The summed E-state index contributed by atoms with van der Waals surface area (Å²) >= 11 is 0. The van der Waals surface area contributed by atoms with Gasteiger partial charge in [0.1, 0.15) is 0 Å². The van der Waals surface area contributed by atoms with Crippen molar-refractivity contribution in [3.05, 3.63) is 0 Å². The van der Waals surface area contributed by atoms with Crippen molar-refractivity contribution in [2.45, 2.75) is 77.6 Å². The van der Waals surface area contributed by atoms with Crippen LogP contribution in [0.2, 0.25) is 0 Å². The van der Waals surface area contributed by atoms with Crippen LogP contribution in [0, 0.1) is 0 Å². The van der Waals surface area contributed by atoms with Crippen LogP contribution in [-0.4, -0.2) is 32.7 Å². The molecule has 1 atom stereocenters. The fourth-order valence-electron chi connectivity index (χ4n) is 3.52. The van der Waals surface area contributed by atoms with Crippen LogP contribution in [0.5, 0.6) is 0 Å². The first kappa shape index (κ1) is 12.0. The zero-order valence-corrected chi connectivity index (χ0v) is 10.7. The summed E-state index contributed by atoms with van der Waals surface area (Å²) in [5.41, 5.74) is 0.0629. The molecule has 84 valence electrons. The molecule has 1 heterocycles. The smallest absolute Gasteiger partial charge is 0.0736 e. The average Bonchev–Trinajstić information content (AvgIpc) is 1.93. The van der Waals surface area contributed by atoms with E-state index in [0.29, 0.717) is 0 Å². The predicted molar refractivity (Wildman–Crippen MR) is 60.4 cm³/mol. The van der Waals surface area contributed by atoms with Gasteiger partial charge in [0.05, 0.1) is 6.10 Å². The highest BCUT2D eigenvalue weighted by Gasteiger charge is 2.54. The molecule has 0 spiro atoms. The molecule has 1 unspecified atom stereocenters. The monoisotopic (exact) mass is 199 g/mol. The molecule has 0 aliphatic carbocycles. The Balaban J connectivity index is 3.12. The van der Waals surface area contributed by atoms with Crippen molar-refractivity contribution in [2.75, 3.05) is 0 Å². The van der Waals surface area contributed by atoms with Gasteiger partial charge in [-0.1, -0.05) is 0 Å².